The Morgan fingerprint density at radius 1 is 0.771 bits per heavy atom. The number of hydrogen-bond acceptors (Lipinski definition) is 8. The second-order valence-corrected chi connectivity index (χ2v) is 14.2. The van der Waals surface area contributed by atoms with Crippen molar-refractivity contribution in [3.8, 4) is 0 Å². The van der Waals surface area contributed by atoms with E-state index in [0.29, 0.717) is 11.4 Å². The highest BCUT2D eigenvalue weighted by atomic mass is 35.5. The number of nitrogens with one attached hydrogen (secondary N) is 1. The van der Waals surface area contributed by atoms with Gasteiger partial charge in [0.1, 0.15) is 17.2 Å². The maximum Gasteiger partial charge on any atom is 0.410 e. The van der Waals surface area contributed by atoms with E-state index in [1.807, 2.05) is 42.5 Å². The van der Waals surface area contributed by atoms with Gasteiger partial charge in [-0.2, -0.15) is 0 Å². The summed E-state index contributed by atoms with van der Waals surface area (Å²) in [6, 6.07) is 14.5. The molecule has 0 spiro atoms. The van der Waals surface area contributed by atoms with Crippen molar-refractivity contribution in [1.82, 2.24) is 15.1 Å². The van der Waals surface area contributed by atoms with E-state index in [1.165, 1.54) is 24.0 Å². The lowest BCUT2D eigenvalue weighted by Gasteiger charge is -2.32. The predicted molar refractivity (Wildman–Crippen MR) is 183 cm³/mol. The molecule has 11 nitrogen and oxygen atoms in total. The molecule has 3 amide bonds. The van der Waals surface area contributed by atoms with Gasteiger partial charge in [0.15, 0.2) is 0 Å². The highest BCUT2D eigenvalue weighted by Gasteiger charge is 2.35. The fraction of sp³-hybridized carbons (Fsp3) is 0.528. The molecule has 0 aliphatic rings. The summed E-state index contributed by atoms with van der Waals surface area (Å²) in [6.45, 7) is 10.2. The van der Waals surface area contributed by atoms with Crippen molar-refractivity contribution in [3.05, 3.63) is 70.7 Å². The number of ether oxygens (including phenoxy) is 3. The number of methoxy groups -OCH3 is 1. The third kappa shape index (κ3) is 13.9. The first-order chi connectivity index (χ1) is 22.3. The summed E-state index contributed by atoms with van der Waals surface area (Å²) >= 11 is 6.05. The van der Waals surface area contributed by atoms with Crippen LogP contribution >= 0.6 is 11.6 Å². The molecule has 2 aromatic rings. The first-order valence-corrected chi connectivity index (χ1v) is 16.2. The summed E-state index contributed by atoms with van der Waals surface area (Å²) in [5.41, 5.74) is 0.187. The van der Waals surface area contributed by atoms with Crippen LogP contribution in [0.1, 0.15) is 65.5 Å². The van der Waals surface area contributed by atoms with Crippen molar-refractivity contribution in [2.45, 2.75) is 90.5 Å². The van der Waals surface area contributed by atoms with E-state index in [0.717, 1.165) is 11.1 Å². The van der Waals surface area contributed by atoms with Gasteiger partial charge < -0.3 is 29.3 Å². The maximum absolute atomic E-state index is 13.9. The molecular formula is C36H50ClN3O8. The summed E-state index contributed by atoms with van der Waals surface area (Å²) in [5, 5.41) is 3.29. The Balaban J connectivity index is 2.25. The molecule has 0 aliphatic carbocycles. The maximum atomic E-state index is 13.9. The van der Waals surface area contributed by atoms with Crippen LogP contribution in [0.25, 0.3) is 0 Å². The molecule has 0 bridgehead atoms. The normalized spacial score (nSPS) is 13.4. The summed E-state index contributed by atoms with van der Waals surface area (Å²) in [6.07, 6.45) is -0.378. The second kappa shape index (κ2) is 17.9. The Labute approximate surface area is 289 Å². The average Bonchev–Trinajstić information content (AvgIpc) is 2.99. The van der Waals surface area contributed by atoms with E-state index < -0.39 is 59.0 Å². The molecule has 0 aromatic heterocycles. The van der Waals surface area contributed by atoms with Crippen LogP contribution < -0.4 is 5.32 Å². The van der Waals surface area contributed by atoms with Gasteiger partial charge in [-0.15, -0.1) is 0 Å². The van der Waals surface area contributed by atoms with E-state index in [4.69, 9.17) is 25.8 Å². The molecule has 12 heteroatoms. The highest BCUT2D eigenvalue weighted by Crippen LogP contribution is 2.21. The molecule has 3 atom stereocenters. The Kier molecular flexibility index (Phi) is 14.9. The number of benzene rings is 2. The van der Waals surface area contributed by atoms with E-state index >= 15 is 0 Å². The van der Waals surface area contributed by atoms with Gasteiger partial charge >= 0.3 is 18.0 Å². The molecule has 1 N–H and O–H groups in total. The van der Waals surface area contributed by atoms with Crippen LogP contribution in [0.5, 0.6) is 0 Å². The zero-order valence-electron chi connectivity index (χ0n) is 29.5. The van der Waals surface area contributed by atoms with E-state index in [-0.39, 0.29) is 25.8 Å². The quantitative estimate of drug-likeness (QED) is 0.211. The monoisotopic (exact) mass is 687 g/mol. The van der Waals surface area contributed by atoms with Crippen molar-refractivity contribution in [3.63, 3.8) is 0 Å². The number of carbonyl (C=O) groups excluding carboxylic acids is 5. The zero-order valence-corrected chi connectivity index (χ0v) is 30.3. The van der Waals surface area contributed by atoms with Crippen LogP contribution in [0, 0.1) is 5.92 Å². The first kappa shape index (κ1) is 40.1. The number of carbonyl (C=O) groups is 5. The molecule has 0 radical (unpaired) electrons. The minimum Gasteiger partial charge on any atom is -0.467 e. The standard InChI is InChI=1S/C36H50ClN3O8/c1-35(2,3)47-31(42)21-26(19-24-13-11-10-12-14-24)32(43)40(8)29(33(44)46-9)23-38-30(41)22-28(20-25-15-17-27(37)18-16-25)39(7)34(45)48-36(4,5)6/h10-18,26,28-29H,19-23H2,1-9H3,(H,38,41)/t26-,28+,29-/m1/s1. The summed E-state index contributed by atoms with van der Waals surface area (Å²) in [7, 11) is 4.18. The van der Waals surface area contributed by atoms with Crippen LogP contribution in [0.15, 0.2) is 54.6 Å². The number of likely N-dealkylation sites (N-methyl/N-ethyl adjacent to an activating group) is 2. The second-order valence-electron chi connectivity index (χ2n) is 13.7. The van der Waals surface area contributed by atoms with Crippen molar-refractivity contribution >= 4 is 41.4 Å². The number of amides is 3. The average molecular weight is 688 g/mol. The lowest BCUT2D eigenvalue weighted by molar-refractivity contribution is -0.159. The minimum atomic E-state index is -1.19. The van der Waals surface area contributed by atoms with Gasteiger partial charge in [0.2, 0.25) is 11.8 Å². The largest absolute Gasteiger partial charge is 0.467 e. The lowest BCUT2D eigenvalue weighted by Crippen LogP contribution is -2.52. The van der Waals surface area contributed by atoms with E-state index in [1.54, 1.807) is 60.7 Å². The molecule has 2 aromatic carbocycles. The SMILES string of the molecule is COC(=O)[C@@H](CNC(=O)C[C@H](Cc1ccc(Cl)cc1)N(C)C(=O)OC(C)(C)C)N(C)C(=O)[C@@H](CC(=O)OC(C)(C)C)Cc1ccccc1. The van der Waals surface area contributed by atoms with Gasteiger partial charge in [-0.05, 0) is 77.6 Å². The van der Waals surface area contributed by atoms with Gasteiger partial charge in [-0.25, -0.2) is 9.59 Å². The van der Waals surface area contributed by atoms with Crippen LogP contribution in [-0.2, 0) is 46.2 Å². The molecule has 2 rings (SSSR count). The van der Waals surface area contributed by atoms with Gasteiger partial charge in [-0.3, -0.25) is 14.4 Å². The molecule has 0 fully saturated rings. The number of nitrogens with zero attached hydrogens (tertiary/aromatic N) is 2. The Bertz CT molecular complexity index is 1390. The van der Waals surface area contributed by atoms with E-state index in [9.17, 15) is 24.0 Å². The Hall–Kier alpha value is -4.12. The van der Waals surface area contributed by atoms with Gasteiger partial charge in [-0.1, -0.05) is 54.1 Å². The van der Waals surface area contributed by atoms with Gasteiger partial charge in [0, 0.05) is 38.1 Å². The molecule has 0 aliphatic heterocycles. The molecular weight excluding hydrogens is 638 g/mol. The van der Waals surface area contributed by atoms with Gasteiger partial charge in [0.25, 0.3) is 0 Å². The predicted octanol–water partition coefficient (Wildman–Crippen LogP) is 5.22. The topological polar surface area (TPSA) is 132 Å². The van der Waals surface area contributed by atoms with Crippen LogP contribution in [0.4, 0.5) is 4.79 Å². The first-order valence-electron chi connectivity index (χ1n) is 15.9. The van der Waals surface area contributed by atoms with Gasteiger partial charge in [0.05, 0.1) is 19.4 Å². The number of esters is 2. The molecule has 0 saturated carbocycles. The van der Waals surface area contributed by atoms with Crippen LogP contribution in [-0.4, -0.2) is 90.7 Å². The van der Waals surface area contributed by atoms with Crippen molar-refractivity contribution in [2.75, 3.05) is 27.7 Å². The summed E-state index contributed by atoms with van der Waals surface area (Å²) < 4.78 is 16.0. The van der Waals surface area contributed by atoms with Crippen molar-refractivity contribution < 1.29 is 38.2 Å². The lowest BCUT2D eigenvalue weighted by atomic mass is 9.94. The molecule has 0 unspecified atom stereocenters. The van der Waals surface area contributed by atoms with E-state index in [2.05, 4.69) is 5.32 Å². The third-order valence-corrected chi connectivity index (χ3v) is 7.58. The highest BCUT2D eigenvalue weighted by molar-refractivity contribution is 6.30. The smallest absolute Gasteiger partial charge is 0.410 e. The molecule has 0 heterocycles. The van der Waals surface area contributed by atoms with Crippen molar-refractivity contribution in [2.24, 2.45) is 5.92 Å². The summed E-state index contributed by atoms with van der Waals surface area (Å²) in [5.74, 6) is -3.09. The number of hydrogen-bond donors (Lipinski definition) is 1. The van der Waals surface area contributed by atoms with Crippen LogP contribution in [0.3, 0.4) is 0 Å². The molecule has 0 saturated heterocycles. The zero-order chi connectivity index (χ0) is 36.2. The fourth-order valence-electron chi connectivity index (χ4n) is 4.90. The van der Waals surface area contributed by atoms with Crippen LogP contribution in [0.2, 0.25) is 5.02 Å². The fourth-order valence-corrected chi connectivity index (χ4v) is 5.03. The minimum absolute atomic E-state index is 0.126. The molecule has 264 valence electrons. The number of rotatable bonds is 14. The third-order valence-electron chi connectivity index (χ3n) is 7.32. The number of halogens is 1. The Morgan fingerprint density at radius 3 is 1.88 bits per heavy atom. The van der Waals surface area contributed by atoms with Crippen molar-refractivity contribution in [1.29, 1.82) is 0 Å². The summed E-state index contributed by atoms with van der Waals surface area (Å²) in [4.78, 5) is 68.5. The Morgan fingerprint density at radius 2 is 1.33 bits per heavy atom. The molecule has 48 heavy (non-hydrogen) atoms.